The number of fused-ring (bicyclic) bond motifs is 9. The molecule has 7 unspecified atom stereocenters. The number of rotatable bonds is 4. The number of carbonyl (C=O) groups is 3. The Bertz CT molecular complexity index is 1220. The number of methoxy groups -OCH3 is 1. The van der Waals surface area contributed by atoms with Crippen LogP contribution in [-0.2, 0) is 14.4 Å². The number of carboxylic acids is 1. The van der Waals surface area contributed by atoms with Gasteiger partial charge in [0, 0.05) is 21.6 Å². The molecular formula is C22H20N2O6S2. The third-order valence-corrected chi connectivity index (χ3v) is 10.2. The predicted octanol–water partition coefficient (Wildman–Crippen LogP) is 2.00. The Morgan fingerprint density at radius 3 is 2.62 bits per heavy atom. The van der Waals surface area contributed by atoms with Crippen LogP contribution >= 0.6 is 23.1 Å². The van der Waals surface area contributed by atoms with Gasteiger partial charge in [0.05, 0.1) is 24.0 Å². The molecule has 10 heteroatoms. The van der Waals surface area contributed by atoms with Crippen molar-refractivity contribution in [3.05, 3.63) is 44.4 Å². The molecule has 6 rings (SSSR count). The monoisotopic (exact) mass is 472 g/mol. The number of aliphatic carboxylic acids is 1. The zero-order valence-electron chi connectivity index (χ0n) is 17.0. The molecule has 3 fully saturated rings. The molecule has 2 saturated carbocycles. The Labute approximate surface area is 191 Å². The van der Waals surface area contributed by atoms with E-state index in [2.05, 4.69) is 4.98 Å². The van der Waals surface area contributed by atoms with Crippen molar-refractivity contribution in [2.24, 2.45) is 29.6 Å². The molecular weight excluding hydrogens is 452 g/mol. The summed E-state index contributed by atoms with van der Waals surface area (Å²) in [5.74, 6) is -2.24. The standard InChI is InChI=1S/C22H20N2O6S2/c1-30-11-5-3-2-4-8(11)13-14-9-6-10(17(14)31-19-18(13)32-22(29)23-19)16-15(9)20(27)24(21(16)28)7-12(25)26/h2-5,9-10,13-17H,6-7H2,1H3,(H,23,29)(H,25,26). The highest BCUT2D eigenvalue weighted by molar-refractivity contribution is 8.00. The number of ether oxygens (including phenoxy) is 1. The van der Waals surface area contributed by atoms with Gasteiger partial charge in [-0.05, 0) is 30.2 Å². The number of thiazole rings is 1. The van der Waals surface area contributed by atoms with Gasteiger partial charge in [-0.1, -0.05) is 29.5 Å². The van der Waals surface area contributed by atoms with Gasteiger partial charge in [-0.3, -0.25) is 24.1 Å². The number of aromatic amines is 1. The van der Waals surface area contributed by atoms with Crippen LogP contribution in [0, 0.1) is 29.6 Å². The van der Waals surface area contributed by atoms with E-state index in [9.17, 15) is 24.3 Å². The second-order valence-corrected chi connectivity index (χ2v) is 11.1. The van der Waals surface area contributed by atoms with Gasteiger partial charge in [0.25, 0.3) is 0 Å². The van der Waals surface area contributed by atoms with Gasteiger partial charge in [-0.25, -0.2) is 0 Å². The van der Waals surface area contributed by atoms with Crippen molar-refractivity contribution < 1.29 is 24.2 Å². The molecule has 2 aliphatic carbocycles. The molecule has 1 saturated heterocycles. The number of hydrogen-bond donors (Lipinski definition) is 2. The number of nitrogens with one attached hydrogen (secondary N) is 1. The number of amides is 2. The number of thioether (sulfide) groups is 1. The van der Waals surface area contributed by atoms with E-state index in [0.717, 1.165) is 32.5 Å². The number of para-hydroxylation sites is 1. The van der Waals surface area contributed by atoms with E-state index < -0.39 is 24.3 Å². The van der Waals surface area contributed by atoms with Crippen LogP contribution < -0.4 is 9.61 Å². The zero-order chi connectivity index (χ0) is 22.3. The molecule has 8 nitrogen and oxygen atoms in total. The maximum atomic E-state index is 13.2. The Kier molecular flexibility index (Phi) is 4.36. The first-order chi connectivity index (χ1) is 15.4. The molecule has 4 aliphatic rings. The summed E-state index contributed by atoms with van der Waals surface area (Å²) < 4.78 is 5.65. The SMILES string of the molecule is COc1ccccc1C1c2sc(=O)[nH]c2SC2C3CC(C4C(=O)N(CC(=O)O)C(=O)C34)C12. The van der Waals surface area contributed by atoms with E-state index >= 15 is 0 Å². The average molecular weight is 473 g/mol. The van der Waals surface area contributed by atoms with Crippen LogP contribution in [0.2, 0.25) is 0 Å². The van der Waals surface area contributed by atoms with E-state index in [-0.39, 0.29) is 45.6 Å². The minimum atomic E-state index is -1.18. The lowest BCUT2D eigenvalue weighted by Gasteiger charge is -2.43. The van der Waals surface area contributed by atoms with Crippen LogP contribution in [0.3, 0.4) is 0 Å². The molecule has 166 valence electrons. The fourth-order valence-corrected chi connectivity index (χ4v) is 9.52. The molecule has 32 heavy (non-hydrogen) atoms. The fourth-order valence-electron chi connectivity index (χ4n) is 6.64. The van der Waals surface area contributed by atoms with Gasteiger partial charge in [-0.15, -0.1) is 11.8 Å². The number of aromatic nitrogens is 1. The number of carboxylic acid groups (broad SMARTS) is 1. The van der Waals surface area contributed by atoms with E-state index in [1.54, 1.807) is 18.9 Å². The third kappa shape index (κ3) is 2.56. The number of carbonyl (C=O) groups excluding carboxylic acids is 2. The van der Waals surface area contributed by atoms with E-state index in [4.69, 9.17) is 4.74 Å². The summed E-state index contributed by atoms with van der Waals surface area (Å²) in [4.78, 5) is 54.5. The first kappa shape index (κ1) is 20.0. The smallest absolute Gasteiger partial charge is 0.323 e. The number of H-pyrrole nitrogens is 1. The Morgan fingerprint density at radius 1 is 1.19 bits per heavy atom. The second-order valence-electron chi connectivity index (χ2n) is 8.86. The molecule has 3 heterocycles. The Balaban J connectivity index is 1.47. The van der Waals surface area contributed by atoms with Crippen LogP contribution in [-0.4, -0.2) is 51.7 Å². The summed E-state index contributed by atoms with van der Waals surface area (Å²) in [5.41, 5.74) is 0.977. The highest BCUT2D eigenvalue weighted by Gasteiger charge is 2.69. The average Bonchev–Trinajstić information content (AvgIpc) is 3.49. The molecule has 7 atom stereocenters. The Morgan fingerprint density at radius 2 is 1.91 bits per heavy atom. The highest BCUT2D eigenvalue weighted by Crippen LogP contribution is 2.68. The van der Waals surface area contributed by atoms with E-state index in [1.165, 1.54) is 11.3 Å². The number of likely N-dealkylation sites (tertiary alicyclic amines) is 1. The number of nitrogens with zero attached hydrogens (tertiary/aromatic N) is 1. The van der Waals surface area contributed by atoms with Crippen LogP contribution in [0.25, 0.3) is 0 Å². The summed E-state index contributed by atoms with van der Waals surface area (Å²) >= 11 is 2.80. The minimum Gasteiger partial charge on any atom is -0.496 e. The molecule has 1 aromatic heterocycles. The molecule has 0 spiro atoms. The highest BCUT2D eigenvalue weighted by atomic mass is 32.2. The van der Waals surface area contributed by atoms with Gasteiger partial charge in [-0.2, -0.15) is 0 Å². The molecule has 2 amide bonds. The zero-order valence-corrected chi connectivity index (χ0v) is 18.7. The lowest BCUT2D eigenvalue weighted by molar-refractivity contribution is -0.149. The van der Waals surface area contributed by atoms with Crippen molar-refractivity contribution in [3.8, 4) is 5.75 Å². The minimum absolute atomic E-state index is 0.0241. The van der Waals surface area contributed by atoms with Crippen molar-refractivity contribution >= 4 is 40.9 Å². The van der Waals surface area contributed by atoms with Crippen LogP contribution in [0.15, 0.2) is 34.1 Å². The van der Waals surface area contributed by atoms with Crippen molar-refractivity contribution in [2.45, 2.75) is 22.6 Å². The van der Waals surface area contributed by atoms with Gasteiger partial charge in [0.1, 0.15) is 12.3 Å². The lowest BCUT2D eigenvalue weighted by Crippen LogP contribution is -2.42. The number of hydrogen-bond acceptors (Lipinski definition) is 7. The predicted molar refractivity (Wildman–Crippen MR) is 116 cm³/mol. The van der Waals surface area contributed by atoms with Crippen molar-refractivity contribution in [1.82, 2.24) is 9.88 Å². The van der Waals surface area contributed by atoms with Gasteiger partial charge < -0.3 is 14.8 Å². The normalized spacial score (nSPS) is 34.4. The topological polar surface area (TPSA) is 117 Å². The quantitative estimate of drug-likeness (QED) is 0.654. The maximum Gasteiger partial charge on any atom is 0.323 e. The van der Waals surface area contributed by atoms with Crippen LogP contribution in [0.1, 0.15) is 22.8 Å². The molecule has 2 bridgehead atoms. The lowest BCUT2D eigenvalue weighted by atomic mass is 9.68. The maximum absolute atomic E-state index is 13.2. The van der Waals surface area contributed by atoms with Gasteiger partial charge >= 0.3 is 10.8 Å². The van der Waals surface area contributed by atoms with Crippen LogP contribution in [0.5, 0.6) is 5.75 Å². The Hall–Kier alpha value is -2.59. The van der Waals surface area contributed by atoms with Crippen LogP contribution in [0.4, 0.5) is 0 Å². The molecule has 0 radical (unpaired) electrons. The number of benzene rings is 1. The fraction of sp³-hybridized carbons (Fsp3) is 0.455. The first-order valence-electron chi connectivity index (χ1n) is 10.5. The second kappa shape index (κ2) is 6.95. The number of imide groups is 1. The van der Waals surface area contributed by atoms with Crippen molar-refractivity contribution in [1.29, 1.82) is 0 Å². The van der Waals surface area contributed by atoms with Gasteiger partial charge in [0.15, 0.2) is 0 Å². The molecule has 1 aromatic carbocycles. The van der Waals surface area contributed by atoms with Crippen molar-refractivity contribution in [2.75, 3.05) is 13.7 Å². The van der Waals surface area contributed by atoms with E-state index in [1.807, 2.05) is 24.3 Å². The summed E-state index contributed by atoms with van der Waals surface area (Å²) in [6.45, 7) is -0.580. The van der Waals surface area contributed by atoms with E-state index in [0.29, 0.717) is 0 Å². The summed E-state index contributed by atoms with van der Waals surface area (Å²) in [6.07, 6.45) is 0.765. The summed E-state index contributed by atoms with van der Waals surface area (Å²) in [5, 5.41) is 10.1. The first-order valence-corrected chi connectivity index (χ1v) is 12.2. The summed E-state index contributed by atoms with van der Waals surface area (Å²) in [6, 6.07) is 7.75. The molecule has 2 N–H and O–H groups in total. The van der Waals surface area contributed by atoms with Crippen molar-refractivity contribution in [3.63, 3.8) is 0 Å². The molecule has 2 aromatic rings. The molecule has 2 aliphatic heterocycles. The largest absolute Gasteiger partial charge is 0.496 e. The third-order valence-electron chi connectivity index (χ3n) is 7.58. The van der Waals surface area contributed by atoms with Gasteiger partial charge in [0.2, 0.25) is 11.8 Å². The summed E-state index contributed by atoms with van der Waals surface area (Å²) in [7, 11) is 1.62.